The summed E-state index contributed by atoms with van der Waals surface area (Å²) >= 11 is 0. The van der Waals surface area contributed by atoms with Crippen LogP contribution in [-0.2, 0) is 4.79 Å². The molecule has 1 aromatic carbocycles. The van der Waals surface area contributed by atoms with Crippen LogP contribution in [0.5, 0.6) is 0 Å². The van der Waals surface area contributed by atoms with Gasteiger partial charge in [-0.15, -0.1) is 0 Å². The van der Waals surface area contributed by atoms with Crippen molar-refractivity contribution in [2.75, 3.05) is 39.3 Å². The Morgan fingerprint density at radius 3 is 2.11 bits per heavy atom. The van der Waals surface area contributed by atoms with Crippen LogP contribution in [0, 0.1) is 5.92 Å². The van der Waals surface area contributed by atoms with Crippen LogP contribution >= 0.6 is 0 Å². The highest BCUT2D eigenvalue weighted by Crippen LogP contribution is 2.45. The highest BCUT2D eigenvalue weighted by atomic mass is 16.2. The summed E-state index contributed by atoms with van der Waals surface area (Å²) in [5.74, 6) is 1.48. The molecule has 2 unspecified atom stereocenters. The van der Waals surface area contributed by atoms with Gasteiger partial charge >= 0.3 is 0 Å². The van der Waals surface area contributed by atoms with E-state index in [1.807, 2.05) is 0 Å². The third-order valence-electron chi connectivity index (χ3n) is 6.04. The Bertz CT molecular complexity index is 532. The number of carbonyl (C=O) groups excluding carboxylic acids is 1. The van der Waals surface area contributed by atoms with Gasteiger partial charge in [-0.05, 0) is 63.5 Å². The van der Waals surface area contributed by atoms with E-state index in [1.54, 1.807) is 6.92 Å². The Hall–Kier alpha value is -1.39. The van der Waals surface area contributed by atoms with Crippen LogP contribution in [0.1, 0.15) is 58.4 Å². The van der Waals surface area contributed by atoms with Gasteiger partial charge in [0.1, 0.15) is 0 Å². The summed E-state index contributed by atoms with van der Waals surface area (Å²) in [4.78, 5) is 16.5. The average Bonchev–Trinajstić information content (AvgIpc) is 3.50. The van der Waals surface area contributed by atoms with Crippen molar-refractivity contribution in [2.45, 2.75) is 58.9 Å². The number of benzene rings is 1. The molecule has 1 N–H and O–H groups in total. The number of carbonyl (C=O) groups is 1. The summed E-state index contributed by atoms with van der Waals surface area (Å²) in [6.45, 7) is 15.0. The molecule has 0 radical (unpaired) electrons. The molecule has 27 heavy (non-hydrogen) atoms. The van der Waals surface area contributed by atoms with Gasteiger partial charge in [0.2, 0.25) is 5.91 Å². The first-order chi connectivity index (χ1) is 13.1. The van der Waals surface area contributed by atoms with Crippen LogP contribution in [0.4, 0.5) is 0 Å². The van der Waals surface area contributed by atoms with Crippen molar-refractivity contribution < 1.29 is 4.79 Å². The first-order valence-electron chi connectivity index (χ1n) is 10.9. The van der Waals surface area contributed by atoms with Crippen LogP contribution in [0.2, 0.25) is 0 Å². The lowest BCUT2D eigenvalue weighted by Gasteiger charge is -2.30. The van der Waals surface area contributed by atoms with Gasteiger partial charge in [0, 0.05) is 25.4 Å². The van der Waals surface area contributed by atoms with Gasteiger partial charge < -0.3 is 15.1 Å². The van der Waals surface area contributed by atoms with E-state index in [1.165, 1.54) is 38.0 Å². The highest BCUT2D eigenvalue weighted by Gasteiger charge is 2.44. The van der Waals surface area contributed by atoms with E-state index < -0.39 is 0 Å². The molecule has 2 atom stereocenters. The molecule has 0 bridgehead atoms. The monoisotopic (exact) mass is 373 g/mol. The smallest absolute Gasteiger partial charge is 0.219 e. The predicted molar refractivity (Wildman–Crippen MR) is 114 cm³/mol. The minimum Gasteiger partial charge on any atom is -0.339 e. The molecule has 1 amide bonds. The second-order valence-electron chi connectivity index (χ2n) is 7.80. The number of nitrogens with one attached hydrogen (secondary N) is 1. The largest absolute Gasteiger partial charge is 0.339 e. The molecule has 1 aliphatic carbocycles. The molecule has 2 fully saturated rings. The third kappa shape index (κ3) is 6.93. The quantitative estimate of drug-likeness (QED) is 0.791. The zero-order chi connectivity index (χ0) is 19.6. The maximum Gasteiger partial charge on any atom is 0.219 e. The minimum atomic E-state index is 0.243. The van der Waals surface area contributed by atoms with Gasteiger partial charge in [-0.2, -0.15) is 0 Å². The maximum atomic E-state index is 12.0. The Morgan fingerprint density at radius 2 is 1.63 bits per heavy atom. The van der Waals surface area contributed by atoms with Crippen molar-refractivity contribution in [1.29, 1.82) is 0 Å². The molecule has 4 heteroatoms. The first kappa shape index (κ1) is 21.9. The fraction of sp³-hybridized carbons (Fsp3) is 0.696. The van der Waals surface area contributed by atoms with Crippen molar-refractivity contribution in [3.8, 4) is 0 Å². The standard InChI is InChI=1S/C17H24N2O.C6H15N/c1-13(20)19(12-14-7-9-18-10-8-14)17-11-16(17)15-5-3-2-4-6-15;1-4-7(5-2)6-3/h2-6,14,16-18H,7-12H2,1H3;4-6H2,1-3H3. The van der Waals surface area contributed by atoms with Crippen LogP contribution < -0.4 is 5.32 Å². The Morgan fingerprint density at radius 1 is 1.04 bits per heavy atom. The number of rotatable bonds is 7. The van der Waals surface area contributed by atoms with E-state index in [2.05, 4.69) is 66.2 Å². The molecule has 2 aliphatic rings. The lowest BCUT2D eigenvalue weighted by Crippen LogP contribution is -2.40. The van der Waals surface area contributed by atoms with E-state index in [0.29, 0.717) is 17.9 Å². The summed E-state index contributed by atoms with van der Waals surface area (Å²) < 4.78 is 0. The van der Waals surface area contributed by atoms with E-state index in [-0.39, 0.29) is 5.91 Å². The number of hydrogen-bond acceptors (Lipinski definition) is 3. The molecule has 1 saturated heterocycles. The topological polar surface area (TPSA) is 35.6 Å². The molecular formula is C23H39N3O. The second-order valence-corrected chi connectivity index (χ2v) is 7.80. The van der Waals surface area contributed by atoms with Gasteiger partial charge in [-0.25, -0.2) is 0 Å². The van der Waals surface area contributed by atoms with Crippen LogP contribution in [-0.4, -0.2) is 61.0 Å². The SMILES string of the molecule is CC(=O)N(CC1CCNCC1)C1CC1c1ccccc1.CCN(CC)CC. The Balaban J connectivity index is 0.000000321. The molecule has 152 valence electrons. The molecule has 1 saturated carbocycles. The molecule has 0 spiro atoms. The van der Waals surface area contributed by atoms with Crippen LogP contribution in [0.3, 0.4) is 0 Å². The number of nitrogens with zero attached hydrogens (tertiary/aromatic N) is 2. The van der Waals surface area contributed by atoms with Gasteiger partial charge in [-0.3, -0.25) is 4.79 Å². The van der Waals surface area contributed by atoms with Crippen molar-refractivity contribution >= 4 is 5.91 Å². The summed E-state index contributed by atoms with van der Waals surface area (Å²) in [6, 6.07) is 11.1. The van der Waals surface area contributed by atoms with Crippen LogP contribution in [0.25, 0.3) is 0 Å². The summed E-state index contributed by atoms with van der Waals surface area (Å²) in [6.07, 6.45) is 3.54. The minimum absolute atomic E-state index is 0.243. The number of piperidine rings is 1. The zero-order valence-electron chi connectivity index (χ0n) is 17.8. The fourth-order valence-electron chi connectivity index (χ4n) is 4.10. The van der Waals surface area contributed by atoms with Crippen LogP contribution in [0.15, 0.2) is 30.3 Å². The maximum absolute atomic E-state index is 12.0. The zero-order valence-corrected chi connectivity index (χ0v) is 17.8. The van der Waals surface area contributed by atoms with Gasteiger partial charge in [-0.1, -0.05) is 51.1 Å². The van der Waals surface area contributed by atoms with E-state index in [9.17, 15) is 4.79 Å². The second kappa shape index (κ2) is 11.5. The molecule has 4 nitrogen and oxygen atoms in total. The lowest BCUT2D eigenvalue weighted by atomic mass is 9.97. The fourth-order valence-corrected chi connectivity index (χ4v) is 4.10. The van der Waals surface area contributed by atoms with E-state index in [0.717, 1.165) is 26.1 Å². The van der Waals surface area contributed by atoms with Crippen molar-refractivity contribution in [1.82, 2.24) is 15.1 Å². The van der Waals surface area contributed by atoms with E-state index >= 15 is 0 Å². The van der Waals surface area contributed by atoms with Gasteiger partial charge in [0.15, 0.2) is 0 Å². The molecule has 1 aromatic rings. The summed E-state index contributed by atoms with van der Waals surface area (Å²) in [5.41, 5.74) is 1.38. The van der Waals surface area contributed by atoms with E-state index in [4.69, 9.17) is 0 Å². The number of hydrogen-bond donors (Lipinski definition) is 1. The Labute approximate surface area is 166 Å². The lowest BCUT2D eigenvalue weighted by molar-refractivity contribution is -0.130. The number of amides is 1. The first-order valence-corrected chi connectivity index (χ1v) is 10.9. The summed E-state index contributed by atoms with van der Waals surface area (Å²) in [7, 11) is 0. The van der Waals surface area contributed by atoms with Gasteiger partial charge in [0.25, 0.3) is 0 Å². The average molecular weight is 374 g/mol. The molecule has 1 heterocycles. The third-order valence-corrected chi connectivity index (χ3v) is 6.04. The van der Waals surface area contributed by atoms with Crippen molar-refractivity contribution in [3.63, 3.8) is 0 Å². The Kier molecular flexibility index (Phi) is 9.29. The normalized spacial score (nSPS) is 22.1. The van der Waals surface area contributed by atoms with Crippen molar-refractivity contribution in [2.24, 2.45) is 5.92 Å². The van der Waals surface area contributed by atoms with Crippen molar-refractivity contribution in [3.05, 3.63) is 35.9 Å². The van der Waals surface area contributed by atoms with Gasteiger partial charge in [0.05, 0.1) is 0 Å². The molecular weight excluding hydrogens is 334 g/mol. The summed E-state index contributed by atoms with van der Waals surface area (Å²) in [5, 5.41) is 3.39. The molecule has 0 aromatic heterocycles. The predicted octanol–water partition coefficient (Wildman–Crippen LogP) is 3.74. The molecule has 1 aliphatic heterocycles. The molecule has 3 rings (SSSR count). The highest BCUT2D eigenvalue weighted by molar-refractivity contribution is 5.74.